The number of furan rings is 1. The summed E-state index contributed by atoms with van der Waals surface area (Å²) in [5.74, 6) is 1.89. The normalized spacial score (nSPS) is 16.6. The number of nitrogens with zero attached hydrogens (tertiary/aromatic N) is 1. The first kappa shape index (κ1) is 13.5. The number of nitrogens with one attached hydrogen (secondary N) is 1. The third-order valence-corrected chi connectivity index (χ3v) is 3.74. The minimum Gasteiger partial charge on any atom is -0.490 e. The molecular weight excluding hydrogens is 252 g/mol. The Kier molecular flexibility index (Phi) is 4.23. The van der Waals surface area contributed by atoms with Crippen LogP contribution in [0.2, 0.25) is 0 Å². The smallest absolute Gasteiger partial charge is 0.176 e. The summed E-state index contributed by atoms with van der Waals surface area (Å²) < 4.78 is 11.6. The van der Waals surface area contributed by atoms with Gasteiger partial charge in [-0.2, -0.15) is 0 Å². The van der Waals surface area contributed by atoms with Crippen LogP contribution in [0.5, 0.6) is 5.75 Å². The number of para-hydroxylation sites is 1. The second-order valence-corrected chi connectivity index (χ2v) is 5.16. The van der Waals surface area contributed by atoms with Crippen LogP contribution in [0.3, 0.4) is 0 Å². The monoisotopic (exact) mass is 274 g/mol. The summed E-state index contributed by atoms with van der Waals surface area (Å²) in [6.07, 6.45) is 0.959. The third kappa shape index (κ3) is 2.97. The minimum atomic E-state index is 0.663. The lowest BCUT2D eigenvalue weighted by molar-refractivity contribution is 0.239. The molecule has 4 nitrogen and oxygen atoms in total. The molecule has 0 spiro atoms. The molecule has 1 N–H and O–H groups in total. The van der Waals surface area contributed by atoms with Crippen LogP contribution in [-0.4, -0.2) is 44.2 Å². The molecule has 1 fully saturated rings. The lowest BCUT2D eigenvalue weighted by Gasteiger charge is -2.26. The Hall–Kier alpha value is -1.52. The molecule has 2 aromatic rings. The van der Waals surface area contributed by atoms with E-state index in [0.717, 1.165) is 61.6 Å². The number of rotatable bonds is 5. The Morgan fingerprint density at radius 3 is 2.95 bits per heavy atom. The molecule has 1 aromatic heterocycles. The van der Waals surface area contributed by atoms with E-state index < -0.39 is 0 Å². The van der Waals surface area contributed by atoms with E-state index in [1.54, 1.807) is 0 Å². The lowest BCUT2D eigenvalue weighted by Crippen LogP contribution is -2.44. The molecule has 1 saturated heterocycles. The fraction of sp³-hybridized carbons (Fsp3) is 0.500. The molecule has 0 unspecified atom stereocenters. The Balaban J connectivity index is 1.70. The molecule has 0 atom stereocenters. The first-order valence-corrected chi connectivity index (χ1v) is 7.44. The second kappa shape index (κ2) is 6.29. The van der Waals surface area contributed by atoms with E-state index in [2.05, 4.69) is 22.3 Å². The SMILES string of the molecule is CCOc1cccc2cc(CCN3CCNCC3)oc12. The first-order chi connectivity index (χ1) is 9.86. The molecule has 0 saturated carbocycles. The van der Waals surface area contributed by atoms with Crippen molar-refractivity contribution >= 4 is 11.0 Å². The van der Waals surface area contributed by atoms with E-state index in [9.17, 15) is 0 Å². The van der Waals surface area contributed by atoms with Crippen LogP contribution in [0.25, 0.3) is 11.0 Å². The van der Waals surface area contributed by atoms with Crippen molar-refractivity contribution in [1.82, 2.24) is 10.2 Å². The molecule has 0 radical (unpaired) electrons. The standard InChI is InChI=1S/C16H22N2O2/c1-2-19-15-5-3-4-13-12-14(20-16(13)15)6-9-18-10-7-17-8-11-18/h3-5,12,17H,2,6-11H2,1H3. The molecule has 0 amide bonds. The Bertz CT molecular complexity index is 559. The molecule has 20 heavy (non-hydrogen) atoms. The topological polar surface area (TPSA) is 37.6 Å². The van der Waals surface area contributed by atoms with Gasteiger partial charge in [-0.05, 0) is 19.1 Å². The van der Waals surface area contributed by atoms with E-state index in [1.807, 2.05) is 19.1 Å². The van der Waals surface area contributed by atoms with Crippen molar-refractivity contribution in [2.75, 3.05) is 39.3 Å². The third-order valence-electron chi connectivity index (χ3n) is 3.74. The van der Waals surface area contributed by atoms with Gasteiger partial charge in [-0.25, -0.2) is 0 Å². The summed E-state index contributed by atoms with van der Waals surface area (Å²) in [5.41, 5.74) is 0.879. The van der Waals surface area contributed by atoms with E-state index >= 15 is 0 Å². The fourth-order valence-corrected chi connectivity index (χ4v) is 2.69. The number of ether oxygens (including phenoxy) is 1. The summed E-state index contributed by atoms with van der Waals surface area (Å²) in [6.45, 7) is 8.16. The van der Waals surface area contributed by atoms with Gasteiger partial charge in [0, 0.05) is 44.5 Å². The van der Waals surface area contributed by atoms with Crippen LogP contribution < -0.4 is 10.1 Å². The Morgan fingerprint density at radius 2 is 2.15 bits per heavy atom. The zero-order chi connectivity index (χ0) is 13.8. The largest absolute Gasteiger partial charge is 0.490 e. The van der Waals surface area contributed by atoms with E-state index in [0.29, 0.717) is 6.61 Å². The molecule has 108 valence electrons. The highest BCUT2D eigenvalue weighted by Gasteiger charge is 2.12. The predicted octanol–water partition coefficient (Wildman–Crippen LogP) is 2.28. The molecule has 4 heteroatoms. The number of fused-ring (bicyclic) bond motifs is 1. The summed E-state index contributed by atoms with van der Waals surface area (Å²) in [6, 6.07) is 8.20. The molecule has 3 rings (SSSR count). The molecule has 0 aliphatic carbocycles. The van der Waals surface area contributed by atoms with Crippen LogP contribution >= 0.6 is 0 Å². The van der Waals surface area contributed by atoms with Gasteiger partial charge in [0.2, 0.25) is 0 Å². The maximum Gasteiger partial charge on any atom is 0.176 e. The highest BCUT2D eigenvalue weighted by atomic mass is 16.5. The van der Waals surface area contributed by atoms with Gasteiger partial charge in [0.15, 0.2) is 11.3 Å². The predicted molar refractivity (Wildman–Crippen MR) is 80.4 cm³/mol. The maximum atomic E-state index is 5.98. The zero-order valence-corrected chi connectivity index (χ0v) is 12.0. The van der Waals surface area contributed by atoms with Crippen molar-refractivity contribution < 1.29 is 9.15 Å². The van der Waals surface area contributed by atoms with Crippen molar-refractivity contribution in [3.05, 3.63) is 30.0 Å². The lowest BCUT2D eigenvalue weighted by atomic mass is 10.2. The average molecular weight is 274 g/mol. The van der Waals surface area contributed by atoms with Gasteiger partial charge >= 0.3 is 0 Å². The van der Waals surface area contributed by atoms with Crippen LogP contribution in [0.15, 0.2) is 28.7 Å². The average Bonchev–Trinajstić information content (AvgIpc) is 2.91. The van der Waals surface area contributed by atoms with Crippen LogP contribution in [0, 0.1) is 0 Å². The van der Waals surface area contributed by atoms with Crippen LogP contribution in [-0.2, 0) is 6.42 Å². The number of hydrogen-bond donors (Lipinski definition) is 1. The molecule has 2 heterocycles. The van der Waals surface area contributed by atoms with Crippen molar-refractivity contribution in [1.29, 1.82) is 0 Å². The minimum absolute atomic E-state index is 0.663. The van der Waals surface area contributed by atoms with Crippen LogP contribution in [0.4, 0.5) is 0 Å². The zero-order valence-electron chi connectivity index (χ0n) is 12.0. The molecule has 1 aliphatic rings. The molecular formula is C16H22N2O2. The number of hydrogen-bond acceptors (Lipinski definition) is 4. The van der Waals surface area contributed by atoms with E-state index in [1.165, 1.54) is 0 Å². The molecule has 1 aliphatic heterocycles. The van der Waals surface area contributed by atoms with Gasteiger partial charge in [0.05, 0.1) is 6.61 Å². The fourth-order valence-electron chi connectivity index (χ4n) is 2.69. The van der Waals surface area contributed by atoms with Crippen molar-refractivity contribution in [2.45, 2.75) is 13.3 Å². The van der Waals surface area contributed by atoms with Crippen molar-refractivity contribution in [2.24, 2.45) is 0 Å². The van der Waals surface area contributed by atoms with Crippen molar-refractivity contribution in [3.8, 4) is 5.75 Å². The Morgan fingerprint density at radius 1 is 1.30 bits per heavy atom. The highest BCUT2D eigenvalue weighted by molar-refractivity contribution is 5.83. The van der Waals surface area contributed by atoms with E-state index in [4.69, 9.17) is 9.15 Å². The Labute approximate surface area is 119 Å². The van der Waals surface area contributed by atoms with Gasteiger partial charge in [-0.1, -0.05) is 12.1 Å². The van der Waals surface area contributed by atoms with Gasteiger partial charge < -0.3 is 19.4 Å². The number of benzene rings is 1. The van der Waals surface area contributed by atoms with Gasteiger partial charge in [-0.15, -0.1) is 0 Å². The molecule has 1 aromatic carbocycles. The number of piperazine rings is 1. The summed E-state index contributed by atoms with van der Waals surface area (Å²) in [4.78, 5) is 2.48. The second-order valence-electron chi connectivity index (χ2n) is 5.16. The molecule has 0 bridgehead atoms. The van der Waals surface area contributed by atoms with Crippen LogP contribution in [0.1, 0.15) is 12.7 Å². The van der Waals surface area contributed by atoms with Gasteiger partial charge in [0.1, 0.15) is 5.76 Å². The van der Waals surface area contributed by atoms with Gasteiger partial charge in [-0.3, -0.25) is 0 Å². The van der Waals surface area contributed by atoms with Gasteiger partial charge in [0.25, 0.3) is 0 Å². The summed E-state index contributed by atoms with van der Waals surface area (Å²) in [5, 5.41) is 4.51. The summed E-state index contributed by atoms with van der Waals surface area (Å²) >= 11 is 0. The van der Waals surface area contributed by atoms with Crippen molar-refractivity contribution in [3.63, 3.8) is 0 Å². The highest BCUT2D eigenvalue weighted by Crippen LogP contribution is 2.29. The maximum absolute atomic E-state index is 5.98. The van der Waals surface area contributed by atoms with E-state index in [-0.39, 0.29) is 0 Å². The quantitative estimate of drug-likeness (QED) is 0.907. The summed E-state index contributed by atoms with van der Waals surface area (Å²) in [7, 11) is 0. The first-order valence-electron chi connectivity index (χ1n) is 7.44.